The standard InChI is InChI=1S/C19H18BrN5O4S2/c1-12(26)22-15-5-7-16(8-6-15)31(28,29)25-19-24-23-17(30-19)9-10-21-18(27)13-3-2-4-14(20)11-13/h2-8,11H,9-10H2,1H3,(H,21,27)(H,22,26)(H,24,25). The van der Waals surface area contributed by atoms with E-state index in [2.05, 4.69) is 41.5 Å². The van der Waals surface area contributed by atoms with E-state index in [9.17, 15) is 18.0 Å². The van der Waals surface area contributed by atoms with Crippen molar-refractivity contribution in [3.63, 3.8) is 0 Å². The molecule has 0 saturated heterocycles. The molecule has 2 amide bonds. The van der Waals surface area contributed by atoms with Crippen molar-refractivity contribution < 1.29 is 18.0 Å². The highest BCUT2D eigenvalue weighted by Gasteiger charge is 2.17. The third-order valence-electron chi connectivity index (χ3n) is 3.88. The molecule has 0 atom stereocenters. The Morgan fingerprint density at radius 2 is 1.84 bits per heavy atom. The van der Waals surface area contributed by atoms with Crippen LogP contribution in [-0.4, -0.2) is 37.0 Å². The van der Waals surface area contributed by atoms with Gasteiger partial charge in [0.25, 0.3) is 15.9 Å². The highest BCUT2D eigenvalue weighted by Crippen LogP contribution is 2.21. The fourth-order valence-corrected chi connectivity index (χ4v) is 4.87. The molecule has 162 valence electrons. The zero-order valence-corrected chi connectivity index (χ0v) is 19.5. The Kier molecular flexibility index (Phi) is 7.36. The predicted octanol–water partition coefficient (Wildman–Crippen LogP) is 3.03. The molecular formula is C19H18BrN5O4S2. The lowest BCUT2D eigenvalue weighted by molar-refractivity contribution is -0.114. The Hall–Kier alpha value is -2.83. The maximum absolute atomic E-state index is 12.5. The molecule has 12 heteroatoms. The SMILES string of the molecule is CC(=O)Nc1ccc(S(=O)(=O)Nc2nnc(CCNC(=O)c3cccc(Br)c3)s2)cc1. The summed E-state index contributed by atoms with van der Waals surface area (Å²) in [6.07, 6.45) is 0.407. The van der Waals surface area contributed by atoms with Gasteiger partial charge in [0.1, 0.15) is 5.01 Å². The minimum Gasteiger partial charge on any atom is -0.352 e. The third kappa shape index (κ3) is 6.57. The molecule has 0 saturated carbocycles. The molecule has 2 aromatic carbocycles. The zero-order valence-electron chi connectivity index (χ0n) is 16.3. The van der Waals surface area contributed by atoms with Crippen molar-refractivity contribution in [1.29, 1.82) is 0 Å². The van der Waals surface area contributed by atoms with Gasteiger partial charge in [0.15, 0.2) is 0 Å². The Morgan fingerprint density at radius 1 is 1.10 bits per heavy atom. The van der Waals surface area contributed by atoms with E-state index in [1.54, 1.807) is 18.2 Å². The lowest BCUT2D eigenvalue weighted by Gasteiger charge is -2.06. The average Bonchev–Trinajstić information content (AvgIpc) is 3.14. The summed E-state index contributed by atoms with van der Waals surface area (Å²) in [6.45, 7) is 1.70. The number of sulfonamides is 1. The van der Waals surface area contributed by atoms with Crippen LogP contribution in [0, 0.1) is 0 Å². The van der Waals surface area contributed by atoms with Gasteiger partial charge in [-0.15, -0.1) is 10.2 Å². The quantitative estimate of drug-likeness (QED) is 0.416. The number of aromatic nitrogens is 2. The van der Waals surface area contributed by atoms with Crippen LogP contribution in [0.15, 0.2) is 57.9 Å². The van der Waals surface area contributed by atoms with E-state index in [1.165, 1.54) is 31.2 Å². The van der Waals surface area contributed by atoms with Crippen LogP contribution < -0.4 is 15.4 Å². The fraction of sp³-hybridized carbons (Fsp3) is 0.158. The molecule has 0 radical (unpaired) electrons. The Bertz CT molecular complexity index is 1200. The number of nitrogens with zero attached hydrogens (tertiary/aromatic N) is 2. The number of amides is 2. The van der Waals surface area contributed by atoms with E-state index in [0.717, 1.165) is 15.8 Å². The Balaban J connectivity index is 1.55. The van der Waals surface area contributed by atoms with Crippen LogP contribution in [0.2, 0.25) is 0 Å². The number of nitrogens with one attached hydrogen (secondary N) is 3. The molecule has 3 aromatic rings. The predicted molar refractivity (Wildman–Crippen MR) is 122 cm³/mol. The highest BCUT2D eigenvalue weighted by molar-refractivity contribution is 9.10. The van der Waals surface area contributed by atoms with E-state index in [4.69, 9.17) is 0 Å². The average molecular weight is 524 g/mol. The number of benzene rings is 2. The molecule has 0 spiro atoms. The molecule has 0 bridgehead atoms. The molecule has 3 rings (SSSR count). The summed E-state index contributed by atoms with van der Waals surface area (Å²) in [5, 5.41) is 13.9. The lowest BCUT2D eigenvalue weighted by Crippen LogP contribution is -2.25. The van der Waals surface area contributed by atoms with Crippen LogP contribution in [0.4, 0.5) is 10.8 Å². The van der Waals surface area contributed by atoms with Crippen LogP contribution in [0.3, 0.4) is 0 Å². The molecule has 9 nitrogen and oxygen atoms in total. The van der Waals surface area contributed by atoms with Crippen molar-refractivity contribution in [2.75, 3.05) is 16.6 Å². The molecule has 0 aliphatic rings. The summed E-state index contributed by atoms with van der Waals surface area (Å²) in [5.41, 5.74) is 1.03. The van der Waals surface area contributed by atoms with Crippen LogP contribution >= 0.6 is 27.3 Å². The molecule has 0 aliphatic carbocycles. The van der Waals surface area contributed by atoms with Gasteiger partial charge in [-0.3, -0.25) is 14.3 Å². The summed E-state index contributed by atoms with van der Waals surface area (Å²) < 4.78 is 28.2. The lowest BCUT2D eigenvalue weighted by atomic mass is 10.2. The highest BCUT2D eigenvalue weighted by atomic mass is 79.9. The third-order valence-corrected chi connectivity index (χ3v) is 6.76. The van der Waals surface area contributed by atoms with Crippen LogP contribution in [0.1, 0.15) is 22.3 Å². The van der Waals surface area contributed by atoms with Gasteiger partial charge in [-0.2, -0.15) is 0 Å². The van der Waals surface area contributed by atoms with Gasteiger partial charge < -0.3 is 10.6 Å². The first-order valence-electron chi connectivity index (χ1n) is 8.99. The minimum absolute atomic E-state index is 0.0274. The summed E-state index contributed by atoms with van der Waals surface area (Å²) in [7, 11) is -3.85. The van der Waals surface area contributed by atoms with E-state index in [0.29, 0.717) is 29.2 Å². The number of carbonyl (C=O) groups excluding carboxylic acids is 2. The fourth-order valence-electron chi connectivity index (χ4n) is 2.51. The number of hydrogen-bond donors (Lipinski definition) is 3. The Morgan fingerprint density at radius 3 is 2.52 bits per heavy atom. The van der Waals surface area contributed by atoms with Gasteiger partial charge in [-0.1, -0.05) is 33.3 Å². The maximum atomic E-state index is 12.5. The van der Waals surface area contributed by atoms with E-state index >= 15 is 0 Å². The summed E-state index contributed by atoms with van der Waals surface area (Å²) in [5.74, 6) is -0.461. The first-order valence-corrected chi connectivity index (χ1v) is 12.1. The van der Waals surface area contributed by atoms with Crippen LogP contribution in [0.5, 0.6) is 0 Å². The number of anilines is 2. The van der Waals surface area contributed by atoms with Gasteiger partial charge in [-0.05, 0) is 42.5 Å². The van der Waals surface area contributed by atoms with E-state index in [1.807, 2.05) is 6.07 Å². The first-order chi connectivity index (χ1) is 14.7. The van der Waals surface area contributed by atoms with E-state index < -0.39 is 10.0 Å². The summed E-state index contributed by atoms with van der Waals surface area (Å²) >= 11 is 4.41. The van der Waals surface area contributed by atoms with Gasteiger partial charge in [-0.25, -0.2) is 8.42 Å². The van der Waals surface area contributed by atoms with Crippen LogP contribution in [-0.2, 0) is 21.2 Å². The maximum Gasteiger partial charge on any atom is 0.263 e. The Labute approximate surface area is 191 Å². The number of hydrogen-bond acceptors (Lipinski definition) is 7. The topological polar surface area (TPSA) is 130 Å². The molecule has 31 heavy (non-hydrogen) atoms. The molecule has 3 N–H and O–H groups in total. The van der Waals surface area contributed by atoms with Crippen molar-refractivity contribution in [3.05, 3.63) is 63.6 Å². The number of carbonyl (C=O) groups is 2. The van der Waals surface area contributed by atoms with Crippen molar-refractivity contribution >= 4 is 59.9 Å². The van der Waals surface area contributed by atoms with Crippen molar-refractivity contribution in [2.45, 2.75) is 18.2 Å². The molecular weight excluding hydrogens is 506 g/mol. The zero-order chi connectivity index (χ0) is 22.4. The molecule has 1 aromatic heterocycles. The molecule has 0 fully saturated rings. The number of rotatable bonds is 8. The first kappa shape index (κ1) is 22.8. The normalized spacial score (nSPS) is 11.0. The van der Waals surface area contributed by atoms with Gasteiger partial charge in [0.2, 0.25) is 11.0 Å². The smallest absolute Gasteiger partial charge is 0.263 e. The number of halogens is 1. The van der Waals surface area contributed by atoms with Gasteiger partial charge in [0.05, 0.1) is 4.90 Å². The monoisotopic (exact) mass is 523 g/mol. The molecule has 0 unspecified atom stereocenters. The van der Waals surface area contributed by atoms with Crippen LogP contribution in [0.25, 0.3) is 0 Å². The van der Waals surface area contributed by atoms with Gasteiger partial charge in [0, 0.05) is 35.6 Å². The second-order valence-electron chi connectivity index (χ2n) is 6.33. The van der Waals surface area contributed by atoms with E-state index in [-0.39, 0.29) is 21.8 Å². The molecule has 1 heterocycles. The van der Waals surface area contributed by atoms with Gasteiger partial charge >= 0.3 is 0 Å². The second-order valence-corrected chi connectivity index (χ2v) is 9.99. The van der Waals surface area contributed by atoms with Crippen molar-refractivity contribution in [3.8, 4) is 0 Å². The minimum atomic E-state index is -3.85. The second kappa shape index (κ2) is 9.98. The summed E-state index contributed by atoms with van der Waals surface area (Å²) in [6, 6.07) is 12.8. The largest absolute Gasteiger partial charge is 0.352 e. The molecule has 0 aliphatic heterocycles. The van der Waals surface area contributed by atoms with Crippen molar-refractivity contribution in [1.82, 2.24) is 15.5 Å². The van der Waals surface area contributed by atoms with Crippen molar-refractivity contribution in [2.24, 2.45) is 0 Å². The summed E-state index contributed by atoms with van der Waals surface area (Å²) in [4.78, 5) is 23.2.